The Morgan fingerprint density at radius 2 is 1.47 bits per heavy atom. The van der Waals surface area contributed by atoms with Crippen LogP contribution < -0.4 is 9.62 Å². The van der Waals surface area contributed by atoms with Crippen LogP contribution in [0.4, 0.5) is 11.5 Å². The average Bonchev–Trinajstić information content (AvgIpc) is 2.74. The van der Waals surface area contributed by atoms with E-state index in [2.05, 4.69) is 31.8 Å². The molecular weight excluding hydrogens is 422 g/mol. The second-order valence-corrected chi connectivity index (χ2v) is 10.1. The zero-order valence-electron chi connectivity index (χ0n) is 19.0. The summed E-state index contributed by atoms with van der Waals surface area (Å²) in [5.41, 5.74) is 4.67. The second kappa shape index (κ2) is 8.88. The molecule has 0 aliphatic carbocycles. The molecule has 2 heterocycles. The molecule has 1 aliphatic rings. The van der Waals surface area contributed by atoms with E-state index in [1.807, 2.05) is 57.2 Å². The van der Waals surface area contributed by atoms with Crippen LogP contribution in [0.3, 0.4) is 0 Å². The number of piperazine rings is 1. The summed E-state index contributed by atoms with van der Waals surface area (Å²) in [5, 5.41) is 8.78. The summed E-state index contributed by atoms with van der Waals surface area (Å²) < 4.78 is 28.6. The van der Waals surface area contributed by atoms with Crippen molar-refractivity contribution in [3.63, 3.8) is 0 Å². The zero-order chi connectivity index (χ0) is 22.9. The molecule has 0 spiro atoms. The molecule has 1 aliphatic heterocycles. The van der Waals surface area contributed by atoms with Crippen molar-refractivity contribution in [2.75, 3.05) is 42.8 Å². The number of hydrogen-bond acceptors (Lipinski definition) is 6. The Hall–Kier alpha value is -2.97. The molecular formula is C24H29N5O2S. The normalized spacial score (nSPS) is 15.1. The van der Waals surface area contributed by atoms with Crippen LogP contribution in [0.5, 0.6) is 0 Å². The van der Waals surface area contributed by atoms with E-state index in [1.54, 1.807) is 12.1 Å². The standard InChI is InChI=1S/C24H29N5O2S/c1-17-15-18(2)24(19(3)16-17)32(30,31)27-21-7-5-20(6-8-21)22-9-10-23(26-25-22)29-13-11-28(4)12-14-29/h5-10,15-16,27H,11-14H2,1-4H3. The number of likely N-dealkylation sites (N-methyl/N-ethyl adjacent to an activating group) is 1. The molecule has 2 aromatic carbocycles. The average molecular weight is 452 g/mol. The summed E-state index contributed by atoms with van der Waals surface area (Å²) >= 11 is 0. The number of anilines is 2. The van der Waals surface area contributed by atoms with Crippen molar-refractivity contribution in [3.05, 3.63) is 65.2 Å². The quantitative estimate of drug-likeness (QED) is 0.638. The van der Waals surface area contributed by atoms with Crippen molar-refractivity contribution in [3.8, 4) is 11.3 Å². The number of nitrogens with one attached hydrogen (secondary N) is 1. The number of benzene rings is 2. The lowest BCUT2D eigenvalue weighted by atomic mass is 10.1. The maximum Gasteiger partial charge on any atom is 0.262 e. The van der Waals surface area contributed by atoms with Gasteiger partial charge in [-0.05, 0) is 63.2 Å². The minimum atomic E-state index is -3.68. The number of sulfonamides is 1. The molecule has 3 aromatic rings. The molecule has 0 amide bonds. The Kier molecular flexibility index (Phi) is 6.17. The van der Waals surface area contributed by atoms with Gasteiger partial charge in [-0.25, -0.2) is 8.42 Å². The van der Waals surface area contributed by atoms with Gasteiger partial charge in [-0.3, -0.25) is 4.72 Å². The Bertz CT molecular complexity index is 1180. The molecule has 1 fully saturated rings. The van der Waals surface area contributed by atoms with Gasteiger partial charge in [0, 0.05) is 37.4 Å². The Morgan fingerprint density at radius 1 is 0.844 bits per heavy atom. The van der Waals surface area contributed by atoms with Gasteiger partial charge in [0.1, 0.15) is 0 Å². The van der Waals surface area contributed by atoms with Gasteiger partial charge in [-0.2, -0.15) is 0 Å². The molecule has 0 saturated carbocycles. The molecule has 1 N–H and O–H groups in total. The van der Waals surface area contributed by atoms with Gasteiger partial charge < -0.3 is 9.80 Å². The Labute approximate surface area is 190 Å². The summed E-state index contributed by atoms with van der Waals surface area (Å²) in [6.45, 7) is 9.52. The van der Waals surface area contributed by atoms with E-state index in [1.165, 1.54) is 0 Å². The Morgan fingerprint density at radius 3 is 2.03 bits per heavy atom. The van der Waals surface area contributed by atoms with Crippen LogP contribution in [0.2, 0.25) is 0 Å². The maximum atomic E-state index is 13.0. The van der Waals surface area contributed by atoms with E-state index < -0.39 is 10.0 Å². The highest BCUT2D eigenvalue weighted by atomic mass is 32.2. The molecule has 8 heteroatoms. The van der Waals surface area contributed by atoms with Gasteiger partial charge in [0.05, 0.1) is 10.6 Å². The first-order chi connectivity index (χ1) is 15.2. The molecule has 1 aromatic heterocycles. The van der Waals surface area contributed by atoms with Crippen molar-refractivity contribution in [2.24, 2.45) is 0 Å². The summed E-state index contributed by atoms with van der Waals surface area (Å²) in [4.78, 5) is 4.87. The van der Waals surface area contributed by atoms with Crippen LogP contribution in [-0.4, -0.2) is 56.7 Å². The van der Waals surface area contributed by atoms with Crippen molar-refractivity contribution in [1.29, 1.82) is 0 Å². The molecule has 1 saturated heterocycles. The fourth-order valence-corrected chi connectivity index (χ4v) is 5.70. The molecule has 32 heavy (non-hydrogen) atoms. The number of aromatic nitrogens is 2. The van der Waals surface area contributed by atoms with Crippen LogP contribution in [-0.2, 0) is 10.0 Å². The molecule has 0 bridgehead atoms. The molecule has 0 radical (unpaired) electrons. The molecule has 7 nitrogen and oxygen atoms in total. The SMILES string of the molecule is Cc1cc(C)c(S(=O)(=O)Nc2ccc(-c3ccc(N4CCN(C)CC4)nn3)cc2)c(C)c1. The largest absolute Gasteiger partial charge is 0.353 e. The molecule has 4 rings (SSSR count). The van der Waals surface area contributed by atoms with Gasteiger partial charge in [-0.15, -0.1) is 10.2 Å². The van der Waals surface area contributed by atoms with Gasteiger partial charge in [0.25, 0.3) is 10.0 Å². The van der Waals surface area contributed by atoms with Gasteiger partial charge in [0.15, 0.2) is 5.82 Å². The van der Waals surface area contributed by atoms with Crippen molar-refractivity contribution in [1.82, 2.24) is 15.1 Å². The first-order valence-electron chi connectivity index (χ1n) is 10.7. The lowest BCUT2D eigenvalue weighted by Gasteiger charge is -2.32. The lowest BCUT2D eigenvalue weighted by molar-refractivity contribution is 0.312. The van der Waals surface area contributed by atoms with Gasteiger partial charge >= 0.3 is 0 Å². The number of rotatable bonds is 5. The van der Waals surface area contributed by atoms with Crippen LogP contribution in [0.25, 0.3) is 11.3 Å². The van der Waals surface area contributed by atoms with Crippen molar-refractivity contribution < 1.29 is 8.42 Å². The molecule has 168 valence electrons. The first-order valence-corrected chi connectivity index (χ1v) is 12.2. The van der Waals surface area contributed by atoms with Crippen molar-refractivity contribution in [2.45, 2.75) is 25.7 Å². The fourth-order valence-electron chi connectivity index (χ4n) is 4.19. The number of nitrogens with zero attached hydrogens (tertiary/aromatic N) is 4. The minimum absolute atomic E-state index is 0.331. The minimum Gasteiger partial charge on any atom is -0.353 e. The predicted molar refractivity (Wildman–Crippen MR) is 129 cm³/mol. The van der Waals surface area contributed by atoms with Gasteiger partial charge in [0.2, 0.25) is 0 Å². The highest BCUT2D eigenvalue weighted by molar-refractivity contribution is 7.92. The predicted octanol–water partition coefficient (Wildman–Crippen LogP) is 3.62. The monoisotopic (exact) mass is 451 g/mol. The first kappa shape index (κ1) is 22.2. The van der Waals surface area contributed by atoms with Crippen molar-refractivity contribution >= 4 is 21.5 Å². The third-order valence-corrected chi connectivity index (χ3v) is 7.47. The van der Waals surface area contributed by atoms with E-state index in [9.17, 15) is 8.42 Å². The topological polar surface area (TPSA) is 78.4 Å². The third-order valence-electron chi connectivity index (χ3n) is 5.78. The smallest absolute Gasteiger partial charge is 0.262 e. The highest BCUT2D eigenvalue weighted by Crippen LogP contribution is 2.26. The summed E-state index contributed by atoms with van der Waals surface area (Å²) in [6, 6.07) is 14.9. The summed E-state index contributed by atoms with van der Waals surface area (Å²) in [7, 11) is -1.55. The van der Waals surface area contributed by atoms with Crippen LogP contribution >= 0.6 is 0 Å². The van der Waals surface area contributed by atoms with Gasteiger partial charge in [-0.1, -0.05) is 29.8 Å². The summed E-state index contributed by atoms with van der Waals surface area (Å²) in [5.74, 6) is 0.884. The van der Waals surface area contributed by atoms with E-state index >= 15 is 0 Å². The lowest BCUT2D eigenvalue weighted by Crippen LogP contribution is -2.44. The fraction of sp³-hybridized carbons (Fsp3) is 0.333. The van der Waals surface area contributed by atoms with Crippen LogP contribution in [0.1, 0.15) is 16.7 Å². The molecule has 0 unspecified atom stereocenters. The maximum absolute atomic E-state index is 13.0. The van der Waals surface area contributed by atoms with Crippen LogP contribution in [0.15, 0.2) is 53.4 Å². The molecule has 0 atom stereocenters. The zero-order valence-corrected chi connectivity index (χ0v) is 19.8. The van der Waals surface area contributed by atoms with E-state index in [0.29, 0.717) is 10.6 Å². The number of hydrogen-bond donors (Lipinski definition) is 1. The third kappa shape index (κ3) is 4.76. The highest BCUT2D eigenvalue weighted by Gasteiger charge is 2.20. The Balaban J connectivity index is 1.49. The van der Waals surface area contributed by atoms with Crippen LogP contribution in [0, 0.1) is 20.8 Å². The second-order valence-electron chi connectivity index (χ2n) is 8.48. The van der Waals surface area contributed by atoms with E-state index in [4.69, 9.17) is 0 Å². The van der Waals surface area contributed by atoms with E-state index in [0.717, 1.165) is 59.9 Å². The van der Waals surface area contributed by atoms with E-state index in [-0.39, 0.29) is 0 Å². The number of aryl methyl sites for hydroxylation is 3. The summed E-state index contributed by atoms with van der Waals surface area (Å²) in [6.07, 6.45) is 0.